The molecule has 0 saturated carbocycles. The Bertz CT molecular complexity index is 350. The molecular weight excluding hydrogens is 233 g/mol. The molecule has 2 rings (SSSR count). The number of carbonyl (C=O) groups excluding carboxylic acids is 1. The second-order valence-electron chi connectivity index (χ2n) is 3.45. The summed E-state index contributed by atoms with van der Waals surface area (Å²) in [5.41, 5.74) is 0.717. The predicted octanol–water partition coefficient (Wildman–Crippen LogP) is 1.07. The average Bonchev–Trinajstić information content (AvgIpc) is 2.30. The smallest absolute Gasteiger partial charge is 0.254 e. The van der Waals surface area contributed by atoms with Crippen LogP contribution in [0, 0.1) is 0 Å². The molecule has 0 N–H and O–H groups in total. The molecule has 3 nitrogen and oxygen atoms in total. The summed E-state index contributed by atoms with van der Waals surface area (Å²) in [7, 11) is 0. The molecule has 1 radical (unpaired) electrons. The third kappa shape index (κ3) is 3.50. The van der Waals surface area contributed by atoms with Crippen LogP contribution in [0.4, 0.5) is 0 Å². The second kappa shape index (κ2) is 6.67. The number of morpholine rings is 1. The van der Waals surface area contributed by atoms with Gasteiger partial charge in [-0.05, 0) is 24.3 Å². The topological polar surface area (TPSA) is 29.5 Å². The molecule has 1 aromatic rings. The maximum atomic E-state index is 12.0. The minimum Gasteiger partial charge on any atom is -0.378 e. The monoisotopic (exact) mass is 246 g/mol. The van der Waals surface area contributed by atoms with Crippen LogP contribution >= 0.6 is 12.6 Å². The van der Waals surface area contributed by atoms with E-state index < -0.39 is 0 Å². The molecule has 1 amide bonds. The molecule has 81 valence electrons. The standard InChI is InChI=1S/C11H13NO2S.Na/c13-11(12-5-7-14-8-6-12)9-1-3-10(15)4-2-9;/h1-4,15H,5-8H2;. The van der Waals surface area contributed by atoms with Gasteiger partial charge in [0, 0.05) is 53.1 Å². The van der Waals surface area contributed by atoms with Crippen molar-refractivity contribution in [3.05, 3.63) is 29.8 Å². The molecule has 0 bridgehead atoms. The minimum absolute atomic E-state index is 0. The van der Waals surface area contributed by atoms with Gasteiger partial charge in [0.2, 0.25) is 0 Å². The zero-order valence-corrected chi connectivity index (χ0v) is 12.2. The summed E-state index contributed by atoms with van der Waals surface area (Å²) < 4.78 is 5.20. The molecule has 1 saturated heterocycles. The SMILES string of the molecule is O=C(c1ccc(S)cc1)N1CCOCC1.[Na]. The van der Waals surface area contributed by atoms with Gasteiger partial charge in [-0.2, -0.15) is 0 Å². The predicted molar refractivity (Wildman–Crippen MR) is 66.2 cm³/mol. The van der Waals surface area contributed by atoms with Crippen molar-refractivity contribution in [3.8, 4) is 0 Å². The van der Waals surface area contributed by atoms with Gasteiger partial charge in [0.1, 0.15) is 0 Å². The van der Waals surface area contributed by atoms with Crippen LogP contribution in [0.5, 0.6) is 0 Å². The summed E-state index contributed by atoms with van der Waals surface area (Å²) in [6.07, 6.45) is 0. The molecule has 1 aromatic carbocycles. The van der Waals surface area contributed by atoms with E-state index in [4.69, 9.17) is 4.74 Å². The number of hydrogen-bond acceptors (Lipinski definition) is 3. The Morgan fingerprint density at radius 1 is 1.19 bits per heavy atom. The quantitative estimate of drug-likeness (QED) is 0.593. The Labute approximate surface area is 123 Å². The zero-order valence-electron chi connectivity index (χ0n) is 9.35. The molecule has 1 heterocycles. The van der Waals surface area contributed by atoms with Crippen molar-refractivity contribution in [2.75, 3.05) is 26.3 Å². The number of nitrogens with zero attached hydrogens (tertiary/aromatic N) is 1. The fourth-order valence-corrected chi connectivity index (χ4v) is 1.70. The van der Waals surface area contributed by atoms with Crippen LogP contribution in [-0.4, -0.2) is 66.7 Å². The first-order valence-electron chi connectivity index (χ1n) is 4.93. The van der Waals surface area contributed by atoms with Crippen molar-refractivity contribution in [2.45, 2.75) is 4.90 Å². The van der Waals surface area contributed by atoms with E-state index >= 15 is 0 Å². The number of amides is 1. The van der Waals surface area contributed by atoms with Crippen LogP contribution in [0.3, 0.4) is 0 Å². The Morgan fingerprint density at radius 3 is 2.31 bits per heavy atom. The van der Waals surface area contributed by atoms with Crippen molar-refractivity contribution >= 4 is 48.1 Å². The van der Waals surface area contributed by atoms with E-state index in [2.05, 4.69) is 12.6 Å². The third-order valence-electron chi connectivity index (χ3n) is 2.41. The van der Waals surface area contributed by atoms with Gasteiger partial charge in [0.05, 0.1) is 13.2 Å². The normalized spacial score (nSPS) is 15.4. The van der Waals surface area contributed by atoms with Gasteiger partial charge in [-0.25, -0.2) is 0 Å². The third-order valence-corrected chi connectivity index (χ3v) is 2.71. The van der Waals surface area contributed by atoms with Crippen LogP contribution in [0.25, 0.3) is 0 Å². The molecule has 1 fully saturated rings. The maximum Gasteiger partial charge on any atom is 0.254 e. The van der Waals surface area contributed by atoms with Crippen molar-refractivity contribution in [2.24, 2.45) is 0 Å². The molecular formula is C11H13NNaO2S. The summed E-state index contributed by atoms with van der Waals surface area (Å²) >= 11 is 4.18. The Hall–Kier alpha value is -0.000000000000000222. The van der Waals surface area contributed by atoms with Crippen molar-refractivity contribution in [1.29, 1.82) is 0 Å². The summed E-state index contributed by atoms with van der Waals surface area (Å²) in [6.45, 7) is 2.63. The molecule has 5 heteroatoms. The first-order chi connectivity index (χ1) is 7.27. The molecule has 0 unspecified atom stereocenters. The van der Waals surface area contributed by atoms with Gasteiger partial charge in [0.25, 0.3) is 5.91 Å². The van der Waals surface area contributed by atoms with Crippen molar-refractivity contribution < 1.29 is 9.53 Å². The van der Waals surface area contributed by atoms with Crippen molar-refractivity contribution in [3.63, 3.8) is 0 Å². The minimum atomic E-state index is 0. The summed E-state index contributed by atoms with van der Waals surface area (Å²) in [4.78, 5) is 14.6. The number of carbonyl (C=O) groups is 1. The number of benzene rings is 1. The van der Waals surface area contributed by atoms with E-state index in [1.165, 1.54) is 0 Å². The number of rotatable bonds is 1. The van der Waals surface area contributed by atoms with E-state index in [1.54, 1.807) is 12.1 Å². The van der Waals surface area contributed by atoms with Crippen molar-refractivity contribution in [1.82, 2.24) is 4.90 Å². The maximum absolute atomic E-state index is 12.0. The van der Waals surface area contributed by atoms with E-state index in [9.17, 15) is 4.79 Å². The van der Waals surface area contributed by atoms with E-state index in [0.29, 0.717) is 26.3 Å². The van der Waals surface area contributed by atoms with Gasteiger partial charge in [-0.15, -0.1) is 12.6 Å². The fraction of sp³-hybridized carbons (Fsp3) is 0.364. The molecule has 0 spiro atoms. The number of ether oxygens (including phenoxy) is 1. The summed E-state index contributed by atoms with van der Waals surface area (Å²) in [5.74, 6) is 0.0756. The summed E-state index contributed by atoms with van der Waals surface area (Å²) in [5, 5.41) is 0. The molecule has 0 atom stereocenters. The van der Waals surface area contributed by atoms with Crippen LogP contribution in [-0.2, 0) is 4.74 Å². The van der Waals surface area contributed by atoms with E-state index in [0.717, 1.165) is 10.5 Å². The van der Waals surface area contributed by atoms with E-state index in [-0.39, 0.29) is 35.5 Å². The Kier molecular flexibility index (Phi) is 5.86. The van der Waals surface area contributed by atoms with Crippen LogP contribution in [0.1, 0.15) is 10.4 Å². The Balaban J connectivity index is 0.00000128. The van der Waals surface area contributed by atoms with Gasteiger partial charge in [-0.1, -0.05) is 0 Å². The summed E-state index contributed by atoms with van der Waals surface area (Å²) in [6, 6.07) is 7.27. The average molecular weight is 246 g/mol. The largest absolute Gasteiger partial charge is 0.378 e. The number of thiol groups is 1. The zero-order chi connectivity index (χ0) is 10.7. The second-order valence-corrected chi connectivity index (χ2v) is 3.97. The Morgan fingerprint density at radius 2 is 1.75 bits per heavy atom. The van der Waals surface area contributed by atoms with E-state index in [1.807, 2.05) is 17.0 Å². The van der Waals surface area contributed by atoms with Gasteiger partial charge in [-0.3, -0.25) is 4.79 Å². The first kappa shape index (κ1) is 14.1. The van der Waals surface area contributed by atoms with Crippen LogP contribution in [0.15, 0.2) is 29.2 Å². The molecule has 1 aliphatic rings. The van der Waals surface area contributed by atoms with Gasteiger partial charge in [0.15, 0.2) is 0 Å². The van der Waals surface area contributed by atoms with Gasteiger partial charge < -0.3 is 9.64 Å². The van der Waals surface area contributed by atoms with Crippen LogP contribution < -0.4 is 0 Å². The molecule has 1 aliphatic heterocycles. The van der Waals surface area contributed by atoms with Crippen LogP contribution in [0.2, 0.25) is 0 Å². The number of hydrogen-bond donors (Lipinski definition) is 1. The molecule has 16 heavy (non-hydrogen) atoms. The first-order valence-corrected chi connectivity index (χ1v) is 5.38. The van der Waals surface area contributed by atoms with Gasteiger partial charge >= 0.3 is 0 Å². The molecule has 0 aromatic heterocycles. The molecule has 0 aliphatic carbocycles. The fourth-order valence-electron chi connectivity index (χ4n) is 1.55.